The normalized spacial score (nSPS) is 10.6. The van der Waals surface area contributed by atoms with Crippen LogP contribution in [0, 0.1) is 0 Å². The zero-order valence-corrected chi connectivity index (χ0v) is 14.6. The summed E-state index contributed by atoms with van der Waals surface area (Å²) in [6, 6.07) is 29.4. The van der Waals surface area contributed by atoms with Crippen LogP contribution < -0.4 is 4.90 Å². The minimum absolute atomic E-state index is 1.19. The molecule has 0 bridgehead atoms. The van der Waals surface area contributed by atoms with Crippen molar-refractivity contribution in [3.05, 3.63) is 84.9 Å². The Kier molecular flexibility index (Phi) is 6.51. The van der Waals surface area contributed by atoms with Crippen LogP contribution in [0.1, 0.15) is 0 Å². The molecule has 130 valence electrons. The minimum Gasteiger partial charge on any atom is -0.344 e. The maximum atomic E-state index is 8.88. The van der Waals surface area contributed by atoms with E-state index in [4.69, 9.17) is 19.2 Å². The second-order valence-electron chi connectivity index (χ2n) is 5.29. The van der Waals surface area contributed by atoms with Crippen molar-refractivity contribution >= 4 is 19.2 Å². The first-order valence-electron chi connectivity index (χ1n) is 7.58. The van der Waals surface area contributed by atoms with E-state index >= 15 is 0 Å². The van der Waals surface area contributed by atoms with Gasteiger partial charge < -0.3 is 19.6 Å². The van der Waals surface area contributed by atoms with Crippen LogP contribution in [0.25, 0.3) is 11.1 Å². The topological polar surface area (TPSA) is 81.0 Å². The fourth-order valence-electron chi connectivity index (χ4n) is 2.42. The predicted octanol–water partition coefficient (Wildman–Crippen LogP) is 4.19. The molecule has 3 rings (SSSR count). The van der Waals surface area contributed by atoms with E-state index in [1.54, 1.807) is 0 Å². The lowest BCUT2D eigenvalue weighted by atomic mass is 10.0. The predicted molar refractivity (Wildman–Crippen MR) is 101 cm³/mol. The van der Waals surface area contributed by atoms with Crippen molar-refractivity contribution in [1.82, 2.24) is 0 Å². The molecule has 0 saturated heterocycles. The van der Waals surface area contributed by atoms with E-state index in [-0.39, 0.29) is 0 Å². The van der Waals surface area contributed by atoms with Gasteiger partial charge in [-0.05, 0) is 23.8 Å². The third-order valence-electron chi connectivity index (χ3n) is 3.49. The highest BCUT2D eigenvalue weighted by molar-refractivity contribution is 7.45. The summed E-state index contributed by atoms with van der Waals surface area (Å²) in [6.07, 6.45) is 0. The van der Waals surface area contributed by atoms with E-state index < -0.39 is 7.82 Å². The SMILES string of the molecule is CN(c1ccccc1)c1ccccc1-c1ccccc1.O=P(O)(O)O. The first-order chi connectivity index (χ1) is 11.9. The van der Waals surface area contributed by atoms with E-state index in [2.05, 4.69) is 84.7 Å². The lowest BCUT2D eigenvalue weighted by Crippen LogP contribution is -2.10. The van der Waals surface area contributed by atoms with Crippen molar-refractivity contribution in [3.63, 3.8) is 0 Å². The molecule has 0 spiro atoms. The maximum absolute atomic E-state index is 8.88. The quantitative estimate of drug-likeness (QED) is 0.612. The molecular weight excluding hydrogens is 337 g/mol. The molecule has 3 aromatic carbocycles. The molecule has 6 heteroatoms. The van der Waals surface area contributed by atoms with E-state index in [1.807, 2.05) is 12.1 Å². The van der Waals surface area contributed by atoms with Gasteiger partial charge >= 0.3 is 7.82 Å². The van der Waals surface area contributed by atoms with Gasteiger partial charge in [0.05, 0.1) is 0 Å². The van der Waals surface area contributed by atoms with Gasteiger partial charge in [-0.15, -0.1) is 0 Å². The number of hydrogen-bond donors (Lipinski definition) is 3. The van der Waals surface area contributed by atoms with Crippen molar-refractivity contribution in [2.24, 2.45) is 0 Å². The van der Waals surface area contributed by atoms with Crippen molar-refractivity contribution in [1.29, 1.82) is 0 Å². The molecule has 0 atom stereocenters. The van der Waals surface area contributed by atoms with Crippen LogP contribution in [0.15, 0.2) is 84.9 Å². The third kappa shape index (κ3) is 6.18. The van der Waals surface area contributed by atoms with E-state index in [1.165, 1.54) is 22.5 Å². The van der Waals surface area contributed by atoms with E-state index in [0.717, 1.165) is 0 Å². The fourth-order valence-corrected chi connectivity index (χ4v) is 2.42. The molecule has 5 nitrogen and oxygen atoms in total. The van der Waals surface area contributed by atoms with Gasteiger partial charge in [-0.2, -0.15) is 0 Å². The monoisotopic (exact) mass is 357 g/mol. The van der Waals surface area contributed by atoms with Crippen LogP contribution in [0.2, 0.25) is 0 Å². The largest absolute Gasteiger partial charge is 0.466 e. The Bertz CT molecular complexity index is 826. The Labute approximate surface area is 147 Å². The Balaban J connectivity index is 0.000000399. The van der Waals surface area contributed by atoms with Crippen LogP contribution in [0.3, 0.4) is 0 Å². The number of phosphoric acid groups is 1. The molecule has 0 radical (unpaired) electrons. The van der Waals surface area contributed by atoms with Crippen molar-refractivity contribution < 1.29 is 19.2 Å². The van der Waals surface area contributed by atoms with Gasteiger partial charge in [0.2, 0.25) is 0 Å². The number of para-hydroxylation sites is 2. The average molecular weight is 357 g/mol. The third-order valence-corrected chi connectivity index (χ3v) is 3.49. The van der Waals surface area contributed by atoms with Gasteiger partial charge in [-0.3, -0.25) is 0 Å². The second-order valence-corrected chi connectivity index (χ2v) is 6.32. The molecule has 0 aliphatic rings. The van der Waals surface area contributed by atoms with Crippen molar-refractivity contribution in [2.45, 2.75) is 0 Å². The summed E-state index contributed by atoms with van der Waals surface area (Å²) >= 11 is 0. The molecule has 3 N–H and O–H groups in total. The Morgan fingerprint density at radius 2 is 1.16 bits per heavy atom. The number of rotatable bonds is 3. The molecule has 0 aliphatic carbocycles. The van der Waals surface area contributed by atoms with Crippen molar-refractivity contribution in [2.75, 3.05) is 11.9 Å². The highest BCUT2D eigenvalue weighted by Crippen LogP contribution is 2.33. The Morgan fingerprint density at radius 3 is 1.72 bits per heavy atom. The summed E-state index contributed by atoms with van der Waals surface area (Å²) in [6.45, 7) is 0. The molecule has 0 amide bonds. The summed E-state index contributed by atoms with van der Waals surface area (Å²) in [5, 5.41) is 0. The first kappa shape index (κ1) is 18.9. The standard InChI is InChI=1S/C19H17N.H3O4P/c1-20(17-12-6-3-7-13-17)19-15-9-8-14-18(19)16-10-4-2-5-11-16;1-5(2,3)4/h2-15H,1H3;(H3,1,2,3,4). The van der Waals surface area contributed by atoms with Crippen LogP contribution in [-0.2, 0) is 4.57 Å². The lowest BCUT2D eigenvalue weighted by Gasteiger charge is -2.22. The first-order valence-corrected chi connectivity index (χ1v) is 9.14. The maximum Gasteiger partial charge on any atom is 0.466 e. The van der Waals surface area contributed by atoms with E-state index in [0.29, 0.717) is 0 Å². The summed E-state index contributed by atoms with van der Waals surface area (Å²) in [7, 11) is -2.53. The van der Waals surface area contributed by atoms with Gasteiger partial charge in [0.15, 0.2) is 0 Å². The lowest BCUT2D eigenvalue weighted by molar-refractivity contribution is 0.275. The van der Waals surface area contributed by atoms with Gasteiger partial charge in [-0.25, -0.2) is 4.57 Å². The minimum atomic E-state index is -4.64. The fraction of sp³-hybridized carbons (Fsp3) is 0.0526. The smallest absolute Gasteiger partial charge is 0.344 e. The highest BCUT2D eigenvalue weighted by Gasteiger charge is 2.09. The summed E-state index contributed by atoms with van der Waals surface area (Å²) in [5.74, 6) is 0. The summed E-state index contributed by atoms with van der Waals surface area (Å²) in [5.41, 5.74) is 4.89. The Hall–Kier alpha value is -2.43. The van der Waals surface area contributed by atoms with Gasteiger partial charge in [0.1, 0.15) is 0 Å². The average Bonchev–Trinajstić information content (AvgIpc) is 2.61. The zero-order valence-electron chi connectivity index (χ0n) is 13.7. The second kappa shape index (κ2) is 8.60. The van der Waals surface area contributed by atoms with Gasteiger partial charge in [-0.1, -0.05) is 66.7 Å². The van der Waals surface area contributed by atoms with Gasteiger partial charge in [0.25, 0.3) is 0 Å². The molecule has 0 heterocycles. The van der Waals surface area contributed by atoms with Crippen molar-refractivity contribution in [3.8, 4) is 11.1 Å². The Morgan fingerprint density at radius 1 is 0.720 bits per heavy atom. The molecule has 0 aliphatic heterocycles. The molecular formula is C19H20NO4P. The van der Waals surface area contributed by atoms with Crippen LogP contribution >= 0.6 is 7.82 Å². The van der Waals surface area contributed by atoms with Crippen LogP contribution in [0.5, 0.6) is 0 Å². The number of hydrogen-bond acceptors (Lipinski definition) is 2. The molecule has 0 aromatic heterocycles. The van der Waals surface area contributed by atoms with Crippen LogP contribution in [-0.4, -0.2) is 21.7 Å². The molecule has 25 heavy (non-hydrogen) atoms. The van der Waals surface area contributed by atoms with Crippen LogP contribution in [0.4, 0.5) is 11.4 Å². The molecule has 0 unspecified atom stereocenters. The molecule has 3 aromatic rings. The summed E-state index contributed by atoms with van der Waals surface area (Å²) < 4.78 is 8.88. The molecule has 0 saturated carbocycles. The zero-order chi connectivity index (χ0) is 18.3. The van der Waals surface area contributed by atoms with Gasteiger partial charge in [0, 0.05) is 24.0 Å². The number of anilines is 2. The summed E-state index contributed by atoms with van der Waals surface area (Å²) in [4.78, 5) is 23.8. The molecule has 0 fully saturated rings. The number of nitrogens with zero attached hydrogens (tertiary/aromatic N) is 1. The number of benzene rings is 3. The van der Waals surface area contributed by atoms with E-state index in [9.17, 15) is 0 Å². The highest BCUT2D eigenvalue weighted by atomic mass is 31.2.